The smallest absolute Gasteiger partial charge is 0.416 e. The number of nitrogens with one attached hydrogen (secondary N) is 2. The first-order chi connectivity index (χ1) is 21.6. The van der Waals surface area contributed by atoms with Crippen LogP contribution >= 0.6 is 0 Å². The summed E-state index contributed by atoms with van der Waals surface area (Å²) in [5.41, 5.74) is 1.78. The van der Waals surface area contributed by atoms with Crippen LogP contribution < -0.4 is 20.3 Å². The van der Waals surface area contributed by atoms with Gasteiger partial charge in [0, 0.05) is 61.5 Å². The van der Waals surface area contributed by atoms with Crippen LogP contribution in [0, 0.1) is 0 Å². The monoisotopic (exact) mass is 620 g/mol. The van der Waals surface area contributed by atoms with E-state index in [2.05, 4.69) is 15.5 Å². The number of hydrogen-bond acceptors (Lipinski definition) is 6. The molecule has 3 aromatic carbocycles. The number of methoxy groups -OCH3 is 1. The van der Waals surface area contributed by atoms with E-state index >= 15 is 0 Å². The van der Waals surface area contributed by atoms with Gasteiger partial charge in [-0.1, -0.05) is 24.3 Å². The van der Waals surface area contributed by atoms with Crippen molar-refractivity contribution in [2.24, 2.45) is 0 Å². The van der Waals surface area contributed by atoms with Gasteiger partial charge in [0.2, 0.25) is 5.91 Å². The van der Waals surface area contributed by atoms with Crippen molar-refractivity contribution in [1.82, 2.24) is 20.0 Å². The number of halogens is 3. The summed E-state index contributed by atoms with van der Waals surface area (Å²) in [6, 6.07) is 15.1. The van der Waals surface area contributed by atoms with Crippen molar-refractivity contribution in [3.8, 4) is 5.75 Å². The molecule has 2 N–H and O–H groups in total. The third kappa shape index (κ3) is 6.48. The van der Waals surface area contributed by atoms with Gasteiger partial charge in [-0.2, -0.15) is 18.3 Å². The standard InChI is InChI=1S/C32H31F3N6O4/c1-45-28-17-25-22(16-26(28)36-30(43)20-6-4-7-23(15-20)32(33,34)35)19-41(38-25)24-9-12-39(13-10-24)18-21-5-2-3-8-27(21)40-14-11-29(42)37-31(40)44/h2-8,15-17,19,24H,9-14,18H2,1H3,(H,36,43)(H,37,42,44). The van der Waals surface area contributed by atoms with Gasteiger partial charge in [0.1, 0.15) is 5.75 Å². The molecule has 0 bridgehead atoms. The lowest BCUT2D eigenvalue weighted by molar-refractivity contribution is -0.137. The number of hydrogen-bond donors (Lipinski definition) is 2. The van der Waals surface area contributed by atoms with Gasteiger partial charge >= 0.3 is 12.2 Å². The van der Waals surface area contributed by atoms with E-state index in [1.54, 1.807) is 17.0 Å². The van der Waals surface area contributed by atoms with Crippen LogP contribution in [0.5, 0.6) is 5.75 Å². The van der Waals surface area contributed by atoms with Crippen LogP contribution in [0.2, 0.25) is 0 Å². The van der Waals surface area contributed by atoms with Crippen LogP contribution in [0.3, 0.4) is 0 Å². The minimum Gasteiger partial charge on any atom is -0.494 e. The van der Waals surface area contributed by atoms with E-state index in [1.165, 1.54) is 19.2 Å². The van der Waals surface area contributed by atoms with Crippen LogP contribution in [0.1, 0.15) is 46.8 Å². The average molecular weight is 621 g/mol. The number of nitrogens with zero attached hydrogens (tertiary/aromatic N) is 4. The molecular weight excluding hydrogens is 589 g/mol. The highest BCUT2D eigenvalue weighted by atomic mass is 19.4. The molecule has 0 aliphatic carbocycles. The molecule has 6 rings (SSSR count). The second kappa shape index (κ2) is 12.2. The van der Waals surface area contributed by atoms with Crippen molar-refractivity contribution in [2.75, 3.05) is 37.0 Å². The molecule has 2 aliphatic rings. The summed E-state index contributed by atoms with van der Waals surface area (Å²) in [5, 5.41) is 10.6. The number of para-hydroxylation sites is 1. The molecule has 2 aliphatic heterocycles. The zero-order chi connectivity index (χ0) is 31.7. The number of fused-ring (bicyclic) bond motifs is 1. The molecule has 1 aromatic heterocycles. The van der Waals surface area contributed by atoms with Crippen LogP contribution in [0.15, 0.2) is 66.9 Å². The molecule has 0 unspecified atom stereocenters. The first kappa shape index (κ1) is 30.1. The van der Waals surface area contributed by atoms with Crippen LogP contribution in [-0.2, 0) is 17.5 Å². The van der Waals surface area contributed by atoms with Crippen molar-refractivity contribution in [1.29, 1.82) is 0 Å². The lowest BCUT2D eigenvalue weighted by Gasteiger charge is -2.34. The quantitative estimate of drug-likeness (QED) is 0.279. The maximum absolute atomic E-state index is 13.1. The Morgan fingerprint density at radius 3 is 2.56 bits per heavy atom. The van der Waals surface area contributed by atoms with Gasteiger partial charge in [0.05, 0.1) is 29.9 Å². The summed E-state index contributed by atoms with van der Waals surface area (Å²) in [7, 11) is 1.45. The molecule has 10 nitrogen and oxygen atoms in total. The summed E-state index contributed by atoms with van der Waals surface area (Å²) in [6.45, 7) is 2.62. The summed E-state index contributed by atoms with van der Waals surface area (Å²) in [6.07, 6.45) is -0.716. The molecule has 4 aromatic rings. The number of ether oxygens (including phenoxy) is 1. The highest BCUT2D eigenvalue weighted by Crippen LogP contribution is 2.34. The van der Waals surface area contributed by atoms with Gasteiger partial charge in [-0.25, -0.2) is 4.79 Å². The molecule has 2 fully saturated rings. The Morgan fingerprint density at radius 1 is 1.04 bits per heavy atom. The number of urea groups is 1. The van der Waals surface area contributed by atoms with Gasteiger partial charge in [-0.15, -0.1) is 0 Å². The number of carbonyl (C=O) groups excluding carboxylic acids is 3. The minimum absolute atomic E-state index is 0.119. The molecule has 0 atom stereocenters. The Kier molecular flexibility index (Phi) is 8.19. The first-order valence-electron chi connectivity index (χ1n) is 14.6. The number of likely N-dealkylation sites (tertiary alicyclic amines) is 1. The molecule has 45 heavy (non-hydrogen) atoms. The summed E-state index contributed by atoms with van der Waals surface area (Å²) >= 11 is 0. The number of anilines is 2. The van der Waals surface area contributed by atoms with Crippen LogP contribution in [-0.4, -0.2) is 59.3 Å². The lowest BCUT2D eigenvalue weighted by atomic mass is 10.0. The van der Waals surface area contributed by atoms with Crippen molar-refractivity contribution in [2.45, 2.75) is 38.0 Å². The van der Waals surface area contributed by atoms with E-state index in [0.717, 1.165) is 54.7 Å². The fraction of sp³-hybridized carbons (Fsp3) is 0.312. The zero-order valence-corrected chi connectivity index (χ0v) is 24.4. The van der Waals surface area contributed by atoms with Crippen LogP contribution in [0.25, 0.3) is 10.9 Å². The molecule has 0 radical (unpaired) electrons. The molecule has 3 heterocycles. The normalized spacial score (nSPS) is 16.6. The number of aromatic nitrogens is 2. The van der Waals surface area contributed by atoms with Gasteiger partial charge in [-0.05, 0) is 48.7 Å². The number of alkyl halides is 3. The van der Waals surface area contributed by atoms with E-state index in [-0.39, 0.29) is 23.9 Å². The molecular formula is C32H31F3N6O4. The van der Waals surface area contributed by atoms with Crippen molar-refractivity contribution >= 4 is 40.1 Å². The summed E-state index contributed by atoms with van der Waals surface area (Å²) < 4.78 is 46.8. The van der Waals surface area contributed by atoms with Gasteiger partial charge in [-0.3, -0.25) is 29.4 Å². The van der Waals surface area contributed by atoms with E-state index < -0.39 is 23.7 Å². The largest absolute Gasteiger partial charge is 0.494 e. The van der Waals surface area contributed by atoms with E-state index in [9.17, 15) is 27.6 Å². The first-order valence-corrected chi connectivity index (χ1v) is 14.6. The van der Waals surface area contributed by atoms with Crippen molar-refractivity contribution < 1.29 is 32.3 Å². The number of benzene rings is 3. The Morgan fingerprint density at radius 2 is 1.82 bits per heavy atom. The van der Waals surface area contributed by atoms with Crippen LogP contribution in [0.4, 0.5) is 29.3 Å². The maximum Gasteiger partial charge on any atom is 0.416 e. The number of carbonyl (C=O) groups is 3. The molecule has 0 spiro atoms. The van der Waals surface area contributed by atoms with E-state index in [4.69, 9.17) is 9.84 Å². The van der Waals surface area contributed by atoms with Gasteiger partial charge in [0.15, 0.2) is 0 Å². The van der Waals surface area contributed by atoms with E-state index in [0.29, 0.717) is 30.0 Å². The highest BCUT2D eigenvalue weighted by molar-refractivity contribution is 6.07. The minimum atomic E-state index is -4.56. The Hall–Kier alpha value is -4.91. The second-order valence-electron chi connectivity index (χ2n) is 11.1. The number of imide groups is 1. The molecule has 2 saturated heterocycles. The third-order valence-corrected chi connectivity index (χ3v) is 8.21. The topological polar surface area (TPSA) is 109 Å². The summed E-state index contributed by atoms with van der Waals surface area (Å²) in [4.78, 5) is 40.9. The fourth-order valence-electron chi connectivity index (χ4n) is 5.84. The molecule has 234 valence electrons. The van der Waals surface area contributed by atoms with Gasteiger partial charge < -0.3 is 10.1 Å². The molecule has 4 amide bonds. The molecule has 13 heteroatoms. The predicted octanol–water partition coefficient (Wildman–Crippen LogP) is 5.60. The predicted molar refractivity (Wildman–Crippen MR) is 161 cm³/mol. The Bertz CT molecular complexity index is 1760. The SMILES string of the molecule is COc1cc2nn(C3CCN(Cc4ccccc4N4CCC(=O)NC4=O)CC3)cc2cc1NC(=O)c1cccc(C(F)(F)F)c1. The van der Waals surface area contributed by atoms with Crippen molar-refractivity contribution in [3.05, 3.63) is 83.6 Å². The highest BCUT2D eigenvalue weighted by Gasteiger charge is 2.31. The summed E-state index contributed by atoms with van der Waals surface area (Å²) in [5.74, 6) is -0.612. The molecule has 0 saturated carbocycles. The third-order valence-electron chi connectivity index (χ3n) is 8.21. The zero-order valence-electron chi connectivity index (χ0n) is 24.4. The maximum atomic E-state index is 13.1. The Balaban J connectivity index is 1.13. The van der Waals surface area contributed by atoms with E-state index in [1.807, 2.05) is 35.1 Å². The number of piperidine rings is 1. The van der Waals surface area contributed by atoms with Crippen molar-refractivity contribution in [3.63, 3.8) is 0 Å². The lowest BCUT2D eigenvalue weighted by Crippen LogP contribution is -2.50. The number of amides is 4. The number of rotatable bonds is 7. The second-order valence-corrected chi connectivity index (χ2v) is 11.1. The Labute approximate surface area is 256 Å². The van der Waals surface area contributed by atoms with Gasteiger partial charge in [0.25, 0.3) is 5.91 Å². The fourth-order valence-corrected chi connectivity index (χ4v) is 5.84. The average Bonchev–Trinajstić information content (AvgIpc) is 3.44.